The Balaban J connectivity index is 5.54. The van der Waals surface area contributed by atoms with Gasteiger partial charge in [-0.2, -0.15) is 0 Å². The number of rotatable bonds is 70. The maximum absolute atomic E-state index is 13.1. The van der Waals surface area contributed by atoms with Gasteiger partial charge < -0.3 is 33.8 Å². The molecular formula is C85H134O17P2. The fourth-order valence-corrected chi connectivity index (χ4v) is 10.9. The van der Waals surface area contributed by atoms with Crippen molar-refractivity contribution in [2.24, 2.45) is 0 Å². The summed E-state index contributed by atoms with van der Waals surface area (Å²) in [7, 11) is -10.0. The Morgan fingerprint density at radius 2 is 0.558 bits per heavy atom. The zero-order chi connectivity index (χ0) is 76.0. The van der Waals surface area contributed by atoms with Gasteiger partial charge in [0.1, 0.15) is 19.3 Å². The molecule has 0 aromatic rings. The van der Waals surface area contributed by atoms with Crippen LogP contribution in [0.1, 0.15) is 259 Å². The van der Waals surface area contributed by atoms with Crippen LogP contribution in [0.15, 0.2) is 194 Å². The molecule has 0 aliphatic rings. The number of esters is 4. The highest BCUT2D eigenvalue weighted by molar-refractivity contribution is 7.47. The summed E-state index contributed by atoms with van der Waals surface area (Å²) in [6.45, 7) is 4.24. The number of phosphoric acid groups is 2. The molecule has 5 atom stereocenters. The molecule has 0 aliphatic heterocycles. The van der Waals surface area contributed by atoms with Crippen LogP contribution in [-0.4, -0.2) is 96.7 Å². The van der Waals surface area contributed by atoms with Crippen molar-refractivity contribution in [3.8, 4) is 0 Å². The summed E-state index contributed by atoms with van der Waals surface area (Å²) in [4.78, 5) is 72.8. The molecule has 104 heavy (non-hydrogen) atoms. The summed E-state index contributed by atoms with van der Waals surface area (Å²) in [5.74, 6) is -2.48. The fraction of sp³-hybridized carbons (Fsp3) is 0.576. The first-order valence-electron chi connectivity index (χ1n) is 38.7. The van der Waals surface area contributed by atoms with Gasteiger partial charge in [0.2, 0.25) is 0 Å². The molecule has 17 nitrogen and oxygen atoms in total. The van der Waals surface area contributed by atoms with Crippen LogP contribution in [0.25, 0.3) is 0 Å². The number of allylic oxidation sites excluding steroid dienone is 31. The lowest BCUT2D eigenvalue weighted by Crippen LogP contribution is -2.30. The first-order chi connectivity index (χ1) is 50.7. The van der Waals surface area contributed by atoms with Gasteiger partial charge in [0.05, 0.1) is 32.8 Å². The van der Waals surface area contributed by atoms with Gasteiger partial charge in [-0.25, -0.2) is 9.13 Å². The lowest BCUT2D eigenvalue weighted by atomic mass is 10.1. The zero-order valence-electron chi connectivity index (χ0n) is 63.9. The van der Waals surface area contributed by atoms with E-state index < -0.39 is 97.5 Å². The van der Waals surface area contributed by atoms with Crippen LogP contribution in [-0.2, 0) is 65.4 Å². The minimum absolute atomic E-state index is 0.0205. The quantitative estimate of drug-likeness (QED) is 0.0169. The normalized spacial score (nSPS) is 15.0. The van der Waals surface area contributed by atoms with Crippen molar-refractivity contribution in [1.29, 1.82) is 0 Å². The highest BCUT2D eigenvalue weighted by Gasteiger charge is 2.30. The first kappa shape index (κ1) is 97.9. The lowest BCUT2D eigenvalue weighted by molar-refractivity contribution is -0.161. The highest BCUT2D eigenvalue weighted by atomic mass is 31.2. The number of carbonyl (C=O) groups is 4. The smallest absolute Gasteiger partial charge is 0.462 e. The number of unbranched alkanes of at least 4 members (excludes halogenated alkanes) is 13. The van der Waals surface area contributed by atoms with Crippen LogP contribution in [0, 0.1) is 0 Å². The third kappa shape index (κ3) is 74.2. The topological polar surface area (TPSA) is 237 Å². The van der Waals surface area contributed by atoms with Crippen molar-refractivity contribution in [2.75, 3.05) is 39.6 Å². The molecule has 586 valence electrons. The molecule has 0 aromatic carbocycles. The van der Waals surface area contributed by atoms with Crippen molar-refractivity contribution in [2.45, 2.75) is 277 Å². The maximum Gasteiger partial charge on any atom is 0.472 e. The SMILES string of the molecule is CC/C=C\C/C=C\C/C=C\C/C=C\C/C=C\C/C=C\CCC(=O)OCC(COP(=O)(O)OCC(O)COP(=O)(O)OCC(COC(=O)C/C=C\C/C=C\C/C=C\C/C=C\C/C=C\CC)OC(=O)CCCCCCC/C=C\CCCCCC)OC(=O)CCCCCC/C=C\C/C=C\C/C=C\C/C=C\CC. The molecule has 0 aromatic heterocycles. The van der Waals surface area contributed by atoms with Crippen LogP contribution >= 0.6 is 15.6 Å². The van der Waals surface area contributed by atoms with E-state index in [2.05, 4.69) is 180 Å². The highest BCUT2D eigenvalue weighted by Crippen LogP contribution is 2.45. The molecule has 5 unspecified atom stereocenters. The molecule has 0 aliphatic carbocycles. The Morgan fingerprint density at radius 1 is 0.288 bits per heavy atom. The molecule has 0 amide bonds. The molecule has 0 saturated carbocycles. The third-order valence-electron chi connectivity index (χ3n) is 15.1. The van der Waals surface area contributed by atoms with Gasteiger partial charge in [-0.1, -0.05) is 273 Å². The summed E-state index contributed by atoms with van der Waals surface area (Å²) >= 11 is 0. The zero-order valence-corrected chi connectivity index (χ0v) is 65.6. The van der Waals surface area contributed by atoms with E-state index in [9.17, 15) is 43.2 Å². The first-order valence-corrected chi connectivity index (χ1v) is 41.7. The van der Waals surface area contributed by atoms with Crippen molar-refractivity contribution in [1.82, 2.24) is 0 Å². The van der Waals surface area contributed by atoms with Gasteiger partial charge in [0.25, 0.3) is 0 Å². The molecule has 19 heteroatoms. The monoisotopic (exact) mass is 1490 g/mol. The lowest BCUT2D eigenvalue weighted by Gasteiger charge is -2.21. The molecule has 3 N–H and O–H groups in total. The minimum atomic E-state index is -5.02. The van der Waals surface area contributed by atoms with E-state index in [1.54, 1.807) is 6.08 Å². The van der Waals surface area contributed by atoms with Gasteiger partial charge in [0, 0.05) is 19.3 Å². The van der Waals surface area contributed by atoms with Crippen molar-refractivity contribution in [3.63, 3.8) is 0 Å². The van der Waals surface area contributed by atoms with Crippen molar-refractivity contribution in [3.05, 3.63) is 194 Å². The Bertz CT molecular complexity index is 2740. The predicted octanol–water partition coefficient (Wildman–Crippen LogP) is 22.5. The number of phosphoric ester groups is 2. The summed E-state index contributed by atoms with van der Waals surface area (Å²) in [6, 6.07) is 0. The van der Waals surface area contributed by atoms with Crippen LogP contribution in [0.2, 0.25) is 0 Å². The fourth-order valence-electron chi connectivity index (χ4n) is 9.30. The molecular weight excluding hydrogens is 1350 g/mol. The number of ether oxygens (including phenoxy) is 4. The largest absolute Gasteiger partial charge is 0.472 e. The standard InChI is InChI=1S/C85H134O17P2/c1-5-9-13-17-21-25-29-33-36-38-39-41-43-47-50-54-58-62-66-70-83(88)96-76-81(102-85(90)72-68-64-60-56-52-48-44-40-37-34-30-26-22-18-14-10-6-2)78-100-104(93,94)98-74-79(86)73-97-103(91,92)99-77-80(101-84(89)71-67-63-59-55-51-45-32-28-24-20-16-12-8-4)75-95-82(87)69-65-61-57-53-49-46-42-35-31-27-23-19-15-11-7-3/h9-11,13-15,21-23,25-28,32-37,39,41-42,44,47-50,53,58,61-62,65,79-81,86H,5-8,12,16-20,24,29-31,38,40,43,45-46,51-52,54-57,59-60,63-64,66-78H2,1-4H3,(H,91,92)(H,93,94)/b13-9-,14-10-,15-11-,25-21-,26-22-,27-23-,32-28-,36-33-,37-34-,41-39-,42-35-,48-44-,50-47-,53-49-,62-58-,65-61-. The van der Waals surface area contributed by atoms with Crippen LogP contribution in [0.4, 0.5) is 0 Å². The van der Waals surface area contributed by atoms with Crippen LogP contribution in [0.5, 0.6) is 0 Å². The van der Waals surface area contributed by atoms with Gasteiger partial charge in [-0.15, -0.1) is 0 Å². The predicted molar refractivity (Wildman–Crippen MR) is 426 cm³/mol. The average molecular weight is 1490 g/mol. The van der Waals surface area contributed by atoms with E-state index in [4.69, 9.17) is 37.0 Å². The van der Waals surface area contributed by atoms with E-state index in [-0.39, 0.29) is 25.7 Å². The van der Waals surface area contributed by atoms with E-state index in [0.717, 1.165) is 148 Å². The Kier molecular flexibility index (Phi) is 70.7. The number of aliphatic hydroxyl groups is 1. The molecule has 0 bridgehead atoms. The van der Waals surface area contributed by atoms with Gasteiger partial charge in [0.15, 0.2) is 12.2 Å². The van der Waals surface area contributed by atoms with Gasteiger partial charge in [-0.3, -0.25) is 37.3 Å². The summed E-state index contributed by atoms with van der Waals surface area (Å²) in [5, 5.41) is 10.6. The minimum Gasteiger partial charge on any atom is -0.462 e. The second-order valence-electron chi connectivity index (χ2n) is 24.8. The number of carbonyl (C=O) groups excluding carboxylic acids is 4. The van der Waals surface area contributed by atoms with Crippen LogP contribution in [0.3, 0.4) is 0 Å². The second kappa shape index (κ2) is 75.1. The average Bonchev–Trinajstić information content (AvgIpc) is 0.911. The van der Waals surface area contributed by atoms with Gasteiger partial charge >= 0.3 is 39.5 Å². The van der Waals surface area contributed by atoms with Gasteiger partial charge in [-0.05, 0) is 154 Å². The van der Waals surface area contributed by atoms with Crippen molar-refractivity contribution < 1.29 is 80.2 Å². The molecule has 0 fully saturated rings. The molecule has 0 radical (unpaired) electrons. The second-order valence-corrected chi connectivity index (χ2v) is 27.7. The number of aliphatic hydroxyl groups excluding tert-OH is 1. The third-order valence-corrected chi connectivity index (χ3v) is 17.0. The summed E-state index contributed by atoms with van der Waals surface area (Å²) in [6.07, 6.45) is 91.8. The molecule has 0 rings (SSSR count). The summed E-state index contributed by atoms with van der Waals surface area (Å²) < 4.78 is 68.3. The Morgan fingerprint density at radius 3 is 0.904 bits per heavy atom. The summed E-state index contributed by atoms with van der Waals surface area (Å²) in [5.41, 5.74) is 0. The van der Waals surface area contributed by atoms with Crippen LogP contribution < -0.4 is 0 Å². The number of hydrogen-bond acceptors (Lipinski definition) is 15. The number of hydrogen-bond donors (Lipinski definition) is 3. The molecule has 0 spiro atoms. The van der Waals surface area contributed by atoms with E-state index in [1.165, 1.54) is 25.7 Å². The maximum atomic E-state index is 13.1. The molecule has 0 saturated heterocycles. The van der Waals surface area contributed by atoms with E-state index >= 15 is 0 Å². The molecule has 0 heterocycles. The van der Waals surface area contributed by atoms with E-state index in [1.807, 2.05) is 36.5 Å². The Hall–Kier alpha value is -6.10. The van der Waals surface area contributed by atoms with E-state index in [0.29, 0.717) is 32.1 Å². The Labute approximate surface area is 627 Å². The van der Waals surface area contributed by atoms with Crippen molar-refractivity contribution >= 4 is 39.5 Å².